The quantitative estimate of drug-likeness (QED) is 0.757. The van der Waals surface area contributed by atoms with E-state index >= 15 is 0 Å². The molecule has 0 saturated carbocycles. The lowest BCUT2D eigenvalue weighted by atomic mass is 10.1. The van der Waals surface area contributed by atoms with Crippen molar-refractivity contribution in [1.29, 1.82) is 0 Å². The number of hydrogen-bond donors (Lipinski definition) is 2. The Kier molecular flexibility index (Phi) is 4.65. The van der Waals surface area contributed by atoms with Gasteiger partial charge in [0.05, 0.1) is 5.52 Å². The van der Waals surface area contributed by atoms with Crippen molar-refractivity contribution in [2.24, 2.45) is 0 Å². The third-order valence-corrected chi connectivity index (χ3v) is 3.72. The van der Waals surface area contributed by atoms with Gasteiger partial charge in [-0.1, -0.05) is 12.1 Å². The van der Waals surface area contributed by atoms with Crippen LogP contribution >= 0.6 is 0 Å². The molecule has 0 aliphatic heterocycles. The van der Waals surface area contributed by atoms with Crippen LogP contribution in [0.15, 0.2) is 48.8 Å². The Morgan fingerprint density at radius 2 is 2.04 bits per heavy atom. The summed E-state index contributed by atoms with van der Waals surface area (Å²) in [5, 5.41) is 6.47. The van der Waals surface area contributed by atoms with Crippen molar-refractivity contribution in [1.82, 2.24) is 15.3 Å². The van der Waals surface area contributed by atoms with Gasteiger partial charge in [0.2, 0.25) is 0 Å². The lowest BCUT2D eigenvalue weighted by molar-refractivity contribution is 0.0963. The van der Waals surface area contributed by atoms with E-state index in [4.69, 9.17) is 0 Å². The first-order valence-electron chi connectivity index (χ1n) is 7.62. The van der Waals surface area contributed by atoms with E-state index in [1.54, 1.807) is 19.2 Å². The number of benzene rings is 2. The molecule has 122 valence electrons. The fourth-order valence-electron chi connectivity index (χ4n) is 2.51. The van der Waals surface area contributed by atoms with E-state index in [1.807, 2.05) is 18.2 Å². The number of fused-ring (bicyclic) bond motifs is 1. The van der Waals surface area contributed by atoms with Crippen LogP contribution in [0.4, 0.5) is 10.2 Å². The van der Waals surface area contributed by atoms with Gasteiger partial charge in [0, 0.05) is 24.5 Å². The number of nitrogens with zero attached hydrogens (tertiary/aromatic N) is 2. The first-order chi connectivity index (χ1) is 11.7. The molecule has 0 spiro atoms. The highest BCUT2D eigenvalue weighted by Gasteiger charge is 2.06. The normalized spacial score (nSPS) is 10.6. The van der Waals surface area contributed by atoms with Crippen molar-refractivity contribution in [2.45, 2.75) is 6.42 Å². The van der Waals surface area contributed by atoms with E-state index in [0.717, 1.165) is 5.56 Å². The predicted octanol–water partition coefficient (Wildman–Crippen LogP) is 2.78. The molecule has 1 aromatic heterocycles. The molecule has 0 atom stereocenters. The van der Waals surface area contributed by atoms with Gasteiger partial charge in [-0.05, 0) is 42.3 Å². The molecule has 24 heavy (non-hydrogen) atoms. The Morgan fingerprint density at radius 3 is 2.88 bits per heavy atom. The maximum Gasteiger partial charge on any atom is 0.251 e. The van der Waals surface area contributed by atoms with Crippen LogP contribution in [0.5, 0.6) is 0 Å². The Balaban J connectivity index is 1.71. The second-order valence-corrected chi connectivity index (χ2v) is 5.34. The van der Waals surface area contributed by atoms with Crippen LogP contribution < -0.4 is 10.6 Å². The van der Waals surface area contributed by atoms with Crippen LogP contribution in [-0.4, -0.2) is 29.5 Å². The summed E-state index contributed by atoms with van der Waals surface area (Å²) in [7, 11) is 1.61. The van der Waals surface area contributed by atoms with Crippen LogP contribution in [0.25, 0.3) is 10.9 Å². The lowest BCUT2D eigenvalue weighted by Crippen LogP contribution is -2.18. The second-order valence-electron chi connectivity index (χ2n) is 5.34. The molecule has 0 fully saturated rings. The second kappa shape index (κ2) is 7.04. The minimum absolute atomic E-state index is 0.109. The van der Waals surface area contributed by atoms with Crippen molar-refractivity contribution in [2.75, 3.05) is 18.9 Å². The van der Waals surface area contributed by atoms with Crippen molar-refractivity contribution < 1.29 is 9.18 Å². The Hall–Kier alpha value is -3.02. The van der Waals surface area contributed by atoms with Crippen molar-refractivity contribution in [3.05, 3.63) is 65.7 Å². The third kappa shape index (κ3) is 3.48. The molecule has 5 nitrogen and oxygen atoms in total. The zero-order valence-electron chi connectivity index (χ0n) is 13.2. The van der Waals surface area contributed by atoms with E-state index in [1.165, 1.54) is 18.5 Å². The Bertz CT molecular complexity index is 882. The number of rotatable bonds is 5. The molecule has 0 radical (unpaired) electrons. The Labute approximate surface area is 138 Å². The minimum atomic E-state index is -0.321. The average Bonchev–Trinajstić information content (AvgIpc) is 2.61. The number of amides is 1. The van der Waals surface area contributed by atoms with Gasteiger partial charge in [0.15, 0.2) is 0 Å². The van der Waals surface area contributed by atoms with Gasteiger partial charge in [0.1, 0.15) is 18.0 Å². The minimum Gasteiger partial charge on any atom is -0.369 e. The van der Waals surface area contributed by atoms with Crippen LogP contribution in [0.3, 0.4) is 0 Å². The highest BCUT2D eigenvalue weighted by atomic mass is 19.1. The molecule has 2 aromatic carbocycles. The SMILES string of the molecule is CNC(=O)c1cccc(CCNc2ncnc3ccc(F)cc23)c1. The molecular weight excluding hydrogens is 307 g/mol. The molecule has 1 amide bonds. The smallest absolute Gasteiger partial charge is 0.251 e. The summed E-state index contributed by atoms with van der Waals surface area (Å²) in [5.74, 6) is 0.169. The molecular formula is C18H17FN4O. The maximum atomic E-state index is 13.4. The summed E-state index contributed by atoms with van der Waals surface area (Å²) < 4.78 is 13.4. The average molecular weight is 324 g/mol. The first-order valence-corrected chi connectivity index (χ1v) is 7.62. The van der Waals surface area contributed by atoms with E-state index in [-0.39, 0.29) is 11.7 Å². The number of nitrogens with one attached hydrogen (secondary N) is 2. The van der Waals surface area contributed by atoms with Gasteiger partial charge in [-0.3, -0.25) is 4.79 Å². The predicted molar refractivity (Wildman–Crippen MR) is 91.5 cm³/mol. The summed E-state index contributed by atoms with van der Waals surface area (Å²) >= 11 is 0. The van der Waals surface area contributed by atoms with Gasteiger partial charge in [-0.25, -0.2) is 14.4 Å². The fraction of sp³-hybridized carbons (Fsp3) is 0.167. The third-order valence-electron chi connectivity index (χ3n) is 3.72. The lowest BCUT2D eigenvalue weighted by Gasteiger charge is -2.09. The van der Waals surface area contributed by atoms with Crippen molar-refractivity contribution in [3.8, 4) is 0 Å². The van der Waals surface area contributed by atoms with Gasteiger partial charge >= 0.3 is 0 Å². The zero-order valence-corrected chi connectivity index (χ0v) is 13.2. The van der Waals surface area contributed by atoms with E-state index in [0.29, 0.717) is 35.2 Å². The van der Waals surface area contributed by atoms with Crippen molar-refractivity contribution >= 4 is 22.6 Å². The van der Waals surface area contributed by atoms with Gasteiger partial charge < -0.3 is 10.6 Å². The molecule has 1 heterocycles. The number of anilines is 1. The van der Waals surface area contributed by atoms with Gasteiger partial charge in [0.25, 0.3) is 5.91 Å². The summed E-state index contributed by atoms with van der Waals surface area (Å²) in [6.45, 7) is 0.611. The molecule has 3 aromatic rings. The van der Waals surface area contributed by atoms with E-state index < -0.39 is 0 Å². The number of carbonyl (C=O) groups excluding carboxylic acids is 1. The Morgan fingerprint density at radius 1 is 1.17 bits per heavy atom. The fourth-order valence-corrected chi connectivity index (χ4v) is 2.51. The molecule has 0 bridgehead atoms. The van der Waals surface area contributed by atoms with Gasteiger partial charge in [-0.15, -0.1) is 0 Å². The first kappa shape index (κ1) is 15.9. The summed E-state index contributed by atoms with van der Waals surface area (Å²) in [6.07, 6.45) is 2.17. The summed E-state index contributed by atoms with van der Waals surface area (Å²) in [4.78, 5) is 20.0. The number of carbonyl (C=O) groups is 1. The molecule has 0 saturated heterocycles. The van der Waals surface area contributed by atoms with E-state index in [9.17, 15) is 9.18 Å². The van der Waals surface area contributed by atoms with Crippen LogP contribution in [0.2, 0.25) is 0 Å². The number of aromatic nitrogens is 2. The summed E-state index contributed by atoms with van der Waals surface area (Å²) in [6, 6.07) is 11.9. The van der Waals surface area contributed by atoms with Crippen LogP contribution in [-0.2, 0) is 6.42 Å². The van der Waals surface area contributed by atoms with Crippen molar-refractivity contribution in [3.63, 3.8) is 0 Å². The molecule has 2 N–H and O–H groups in total. The molecule has 0 aliphatic carbocycles. The standard InChI is InChI=1S/C18H17FN4O/c1-20-18(24)13-4-2-3-12(9-13)7-8-21-17-15-10-14(19)5-6-16(15)22-11-23-17/h2-6,9-11H,7-8H2,1H3,(H,20,24)(H,21,22,23). The zero-order chi connectivity index (χ0) is 16.9. The molecule has 0 unspecified atom stereocenters. The van der Waals surface area contributed by atoms with E-state index in [2.05, 4.69) is 20.6 Å². The van der Waals surface area contributed by atoms with Gasteiger partial charge in [-0.2, -0.15) is 0 Å². The maximum absolute atomic E-state index is 13.4. The summed E-state index contributed by atoms with van der Waals surface area (Å²) in [5.41, 5.74) is 2.35. The monoisotopic (exact) mass is 324 g/mol. The highest BCUT2D eigenvalue weighted by molar-refractivity contribution is 5.94. The molecule has 3 rings (SSSR count). The number of hydrogen-bond acceptors (Lipinski definition) is 4. The van der Waals surface area contributed by atoms with Crippen LogP contribution in [0.1, 0.15) is 15.9 Å². The molecule has 0 aliphatic rings. The highest BCUT2D eigenvalue weighted by Crippen LogP contribution is 2.20. The van der Waals surface area contributed by atoms with Crippen LogP contribution in [0, 0.1) is 5.82 Å². The molecule has 6 heteroatoms. The largest absolute Gasteiger partial charge is 0.369 e. The topological polar surface area (TPSA) is 66.9 Å². The number of halogens is 1.